The van der Waals surface area contributed by atoms with Gasteiger partial charge in [0.15, 0.2) is 0 Å². The van der Waals surface area contributed by atoms with Crippen LogP contribution >= 0.6 is 11.6 Å². The molecule has 1 heterocycles. The molecule has 2 rings (SSSR count). The lowest BCUT2D eigenvalue weighted by Crippen LogP contribution is -2.17. The average Bonchev–Trinajstić information content (AvgIpc) is 2.27. The van der Waals surface area contributed by atoms with Gasteiger partial charge in [-0.1, -0.05) is 11.6 Å². The quantitative estimate of drug-likeness (QED) is 0.864. The molecular weight excluding hydrogens is 283 g/mol. The number of carbonyl (C=O) groups excluding carboxylic acids is 1. The normalized spacial score (nSPS) is 10.3. The number of hydrogen-bond donors (Lipinski definition) is 1. The van der Waals surface area contributed by atoms with Crippen molar-refractivity contribution in [3.8, 4) is 0 Å². The van der Waals surface area contributed by atoms with E-state index in [-0.39, 0.29) is 11.0 Å². The predicted molar refractivity (Wildman–Crippen MR) is 61.3 cm³/mol. The molecule has 0 atom stereocenters. The van der Waals surface area contributed by atoms with Gasteiger partial charge in [-0.15, -0.1) is 0 Å². The highest BCUT2D eigenvalue weighted by Crippen LogP contribution is 2.17. The van der Waals surface area contributed by atoms with E-state index in [4.69, 9.17) is 11.6 Å². The minimum Gasteiger partial charge on any atom is -0.306 e. The third-order valence-electron chi connectivity index (χ3n) is 2.11. The maximum atomic E-state index is 13.3. The average molecular weight is 288 g/mol. The van der Waals surface area contributed by atoms with Crippen molar-refractivity contribution >= 4 is 23.3 Å². The zero-order valence-electron chi connectivity index (χ0n) is 9.12. The van der Waals surface area contributed by atoms with Crippen LogP contribution in [0.1, 0.15) is 10.4 Å². The number of benzene rings is 1. The maximum Gasteiger partial charge on any atom is 0.262 e. The van der Waals surface area contributed by atoms with Gasteiger partial charge >= 0.3 is 0 Å². The lowest BCUT2D eigenvalue weighted by Gasteiger charge is -2.06. The Bertz CT molecular complexity index is 628. The molecule has 0 aliphatic rings. The van der Waals surface area contributed by atoms with Gasteiger partial charge in [0.1, 0.15) is 40.3 Å². The van der Waals surface area contributed by atoms with Crippen molar-refractivity contribution in [3.63, 3.8) is 0 Å². The number of hydrogen-bond acceptors (Lipinski definition) is 3. The lowest BCUT2D eigenvalue weighted by molar-refractivity contribution is 0.101. The molecule has 1 N–H and O–H groups in total. The SMILES string of the molecule is O=C(Nc1cc(Cl)ncn1)c1c(F)cc(F)cc1F. The van der Waals surface area contributed by atoms with Crippen molar-refractivity contribution in [2.24, 2.45) is 0 Å². The number of halogens is 4. The highest BCUT2D eigenvalue weighted by molar-refractivity contribution is 6.29. The van der Waals surface area contributed by atoms with Crippen LogP contribution in [0.4, 0.5) is 19.0 Å². The Morgan fingerprint density at radius 3 is 2.32 bits per heavy atom. The third kappa shape index (κ3) is 3.00. The van der Waals surface area contributed by atoms with Crippen LogP contribution in [0.3, 0.4) is 0 Å². The van der Waals surface area contributed by atoms with Gasteiger partial charge in [0.2, 0.25) is 0 Å². The molecule has 0 bridgehead atoms. The molecule has 0 saturated heterocycles. The molecule has 0 aliphatic carbocycles. The highest BCUT2D eigenvalue weighted by atomic mass is 35.5. The van der Waals surface area contributed by atoms with Crippen molar-refractivity contribution in [2.75, 3.05) is 5.32 Å². The van der Waals surface area contributed by atoms with E-state index in [1.165, 1.54) is 6.07 Å². The Morgan fingerprint density at radius 2 is 1.74 bits per heavy atom. The first-order valence-corrected chi connectivity index (χ1v) is 5.28. The summed E-state index contributed by atoms with van der Waals surface area (Å²) >= 11 is 5.56. The van der Waals surface area contributed by atoms with E-state index >= 15 is 0 Å². The van der Waals surface area contributed by atoms with E-state index in [0.717, 1.165) is 6.33 Å². The maximum absolute atomic E-state index is 13.3. The molecular formula is C11H5ClF3N3O. The van der Waals surface area contributed by atoms with Crippen molar-refractivity contribution in [1.82, 2.24) is 9.97 Å². The summed E-state index contributed by atoms with van der Waals surface area (Å²) in [4.78, 5) is 18.9. The van der Waals surface area contributed by atoms with Crippen LogP contribution in [0, 0.1) is 17.5 Å². The van der Waals surface area contributed by atoms with Crippen LogP contribution in [-0.2, 0) is 0 Å². The summed E-state index contributed by atoms with van der Waals surface area (Å²) in [6.45, 7) is 0. The minimum atomic E-state index is -1.31. The number of rotatable bonds is 2. The van der Waals surface area contributed by atoms with Crippen LogP contribution in [-0.4, -0.2) is 15.9 Å². The van der Waals surface area contributed by atoms with Gasteiger partial charge in [-0.25, -0.2) is 23.1 Å². The summed E-state index contributed by atoms with van der Waals surface area (Å²) in [6.07, 6.45) is 1.06. The number of amides is 1. The second kappa shape index (κ2) is 5.23. The molecule has 0 aliphatic heterocycles. The molecule has 0 radical (unpaired) electrons. The third-order valence-corrected chi connectivity index (χ3v) is 2.32. The second-order valence-corrected chi connectivity index (χ2v) is 3.81. The molecule has 0 saturated carbocycles. The van der Waals surface area contributed by atoms with E-state index in [0.29, 0.717) is 12.1 Å². The Balaban J connectivity index is 2.31. The van der Waals surface area contributed by atoms with Crippen LogP contribution in [0.15, 0.2) is 24.5 Å². The molecule has 19 heavy (non-hydrogen) atoms. The molecule has 1 amide bonds. The molecule has 98 valence electrons. The summed E-state index contributed by atoms with van der Waals surface area (Å²) in [6, 6.07) is 2.01. The van der Waals surface area contributed by atoms with E-state index in [1.807, 2.05) is 0 Å². The topological polar surface area (TPSA) is 54.9 Å². The molecule has 0 spiro atoms. The summed E-state index contributed by atoms with van der Waals surface area (Å²) in [5.74, 6) is -4.88. The van der Waals surface area contributed by atoms with Crippen LogP contribution in [0.25, 0.3) is 0 Å². The van der Waals surface area contributed by atoms with Crippen molar-refractivity contribution in [3.05, 3.63) is 52.7 Å². The van der Waals surface area contributed by atoms with Crippen molar-refractivity contribution < 1.29 is 18.0 Å². The molecule has 1 aromatic heterocycles. The van der Waals surface area contributed by atoms with E-state index < -0.39 is 28.9 Å². The number of nitrogens with zero attached hydrogens (tertiary/aromatic N) is 2. The molecule has 0 fully saturated rings. The largest absolute Gasteiger partial charge is 0.306 e. The lowest BCUT2D eigenvalue weighted by atomic mass is 10.2. The first-order chi connectivity index (χ1) is 8.97. The highest BCUT2D eigenvalue weighted by Gasteiger charge is 2.19. The van der Waals surface area contributed by atoms with Gasteiger partial charge in [-0.3, -0.25) is 4.79 Å². The predicted octanol–water partition coefficient (Wildman–Crippen LogP) is 2.80. The van der Waals surface area contributed by atoms with Gasteiger partial charge in [-0.05, 0) is 0 Å². The summed E-state index contributed by atoms with van der Waals surface area (Å²) in [5, 5.41) is 2.17. The summed E-state index contributed by atoms with van der Waals surface area (Å²) in [7, 11) is 0. The van der Waals surface area contributed by atoms with E-state index in [1.54, 1.807) is 0 Å². The Labute approximate surface area is 110 Å². The Kier molecular flexibility index (Phi) is 3.66. The summed E-state index contributed by atoms with van der Waals surface area (Å²) in [5.41, 5.74) is -0.906. The molecule has 1 aromatic carbocycles. The number of aromatic nitrogens is 2. The van der Waals surface area contributed by atoms with Crippen molar-refractivity contribution in [1.29, 1.82) is 0 Å². The molecule has 4 nitrogen and oxygen atoms in total. The van der Waals surface area contributed by atoms with Gasteiger partial charge in [0.05, 0.1) is 0 Å². The van der Waals surface area contributed by atoms with E-state index in [2.05, 4.69) is 15.3 Å². The fraction of sp³-hybridized carbons (Fsp3) is 0. The smallest absolute Gasteiger partial charge is 0.262 e. The monoisotopic (exact) mass is 287 g/mol. The fourth-order valence-corrected chi connectivity index (χ4v) is 1.49. The minimum absolute atomic E-state index is 0.0341. The number of nitrogens with one attached hydrogen (secondary N) is 1. The van der Waals surface area contributed by atoms with Gasteiger partial charge < -0.3 is 5.32 Å². The first kappa shape index (κ1) is 13.3. The number of anilines is 1. The van der Waals surface area contributed by atoms with Crippen molar-refractivity contribution in [2.45, 2.75) is 0 Å². The fourth-order valence-electron chi connectivity index (χ4n) is 1.34. The molecule has 0 unspecified atom stereocenters. The molecule has 2 aromatic rings. The second-order valence-electron chi connectivity index (χ2n) is 3.42. The van der Waals surface area contributed by atoms with Gasteiger partial charge in [-0.2, -0.15) is 0 Å². The van der Waals surface area contributed by atoms with Gasteiger partial charge in [0, 0.05) is 18.2 Å². The van der Waals surface area contributed by atoms with Crippen LogP contribution in [0.2, 0.25) is 5.15 Å². The number of carbonyl (C=O) groups is 1. The summed E-state index contributed by atoms with van der Waals surface area (Å²) < 4.78 is 39.4. The van der Waals surface area contributed by atoms with Gasteiger partial charge in [0.25, 0.3) is 5.91 Å². The standard InChI is InChI=1S/C11H5ClF3N3O/c12-8-3-9(17-4-16-8)18-11(19)10-6(14)1-5(13)2-7(10)15/h1-4H,(H,16,17,18,19). The Hall–Kier alpha value is -2.15. The zero-order chi connectivity index (χ0) is 14.0. The van der Waals surface area contributed by atoms with Crippen LogP contribution < -0.4 is 5.32 Å². The van der Waals surface area contributed by atoms with E-state index in [9.17, 15) is 18.0 Å². The molecule has 8 heteroatoms. The first-order valence-electron chi connectivity index (χ1n) is 4.91. The Morgan fingerprint density at radius 1 is 1.11 bits per heavy atom. The van der Waals surface area contributed by atoms with Crippen LogP contribution in [0.5, 0.6) is 0 Å². The zero-order valence-corrected chi connectivity index (χ0v) is 9.88.